The van der Waals surface area contributed by atoms with Gasteiger partial charge in [0.2, 0.25) is 0 Å². The zero-order valence-corrected chi connectivity index (χ0v) is 45.1. The third-order valence-corrected chi connectivity index (χ3v) is 16.6. The van der Waals surface area contributed by atoms with E-state index in [0.29, 0.717) is 0 Å². The van der Waals surface area contributed by atoms with Crippen LogP contribution in [0.15, 0.2) is 164 Å². The molecule has 2 aliphatic heterocycles. The maximum Gasteiger partial charge on any atom is 0.253 e. The largest absolute Gasteiger partial charge is 0.311 e. The van der Waals surface area contributed by atoms with Gasteiger partial charge in [0.15, 0.2) is 0 Å². The molecular formula is C69H69BN2. The summed E-state index contributed by atoms with van der Waals surface area (Å²) in [5.74, 6) is 0. The summed E-state index contributed by atoms with van der Waals surface area (Å²) in [6.45, 7) is 33.1. The van der Waals surface area contributed by atoms with Crippen LogP contribution in [0.1, 0.15) is 130 Å². The van der Waals surface area contributed by atoms with E-state index in [1.165, 1.54) is 128 Å². The van der Waals surface area contributed by atoms with Gasteiger partial charge in [0.25, 0.3) is 6.71 Å². The Morgan fingerprint density at radius 1 is 0.347 bits per heavy atom. The van der Waals surface area contributed by atoms with Crippen molar-refractivity contribution in [3.8, 4) is 22.3 Å². The summed E-state index contributed by atoms with van der Waals surface area (Å²) in [5.41, 5.74) is 24.2. The monoisotopic (exact) mass is 937 g/mol. The van der Waals surface area contributed by atoms with Gasteiger partial charge < -0.3 is 9.80 Å². The van der Waals surface area contributed by atoms with Gasteiger partial charge in [-0.3, -0.25) is 0 Å². The van der Waals surface area contributed by atoms with Crippen LogP contribution >= 0.6 is 0 Å². The molecule has 0 fully saturated rings. The Labute approximate surface area is 429 Å². The fourth-order valence-corrected chi connectivity index (χ4v) is 12.4. The first-order chi connectivity index (χ1) is 34.0. The molecule has 0 bridgehead atoms. The van der Waals surface area contributed by atoms with Gasteiger partial charge in [-0.05, 0) is 170 Å². The lowest BCUT2D eigenvalue weighted by Gasteiger charge is -2.46. The topological polar surface area (TPSA) is 6.48 Å². The van der Waals surface area contributed by atoms with Gasteiger partial charge in [-0.15, -0.1) is 0 Å². The van der Waals surface area contributed by atoms with Crippen molar-refractivity contribution in [2.24, 2.45) is 0 Å². The summed E-state index contributed by atoms with van der Waals surface area (Å²) in [7, 11) is 0. The van der Waals surface area contributed by atoms with Crippen molar-refractivity contribution < 1.29 is 0 Å². The molecule has 358 valence electrons. The van der Waals surface area contributed by atoms with Crippen LogP contribution in [-0.2, 0) is 27.1 Å². The maximum atomic E-state index is 2.67. The zero-order chi connectivity index (χ0) is 50.6. The highest BCUT2D eigenvalue weighted by atomic mass is 15.2. The van der Waals surface area contributed by atoms with Crippen molar-refractivity contribution >= 4 is 78.8 Å². The van der Waals surface area contributed by atoms with Crippen LogP contribution in [-0.4, -0.2) is 6.71 Å². The Hall–Kier alpha value is -6.84. The number of hydrogen-bond donors (Lipinski definition) is 0. The Balaban J connectivity index is 1.26. The van der Waals surface area contributed by atoms with E-state index in [2.05, 4.69) is 271 Å². The minimum Gasteiger partial charge on any atom is -0.311 e. The van der Waals surface area contributed by atoms with Gasteiger partial charge in [0, 0.05) is 39.5 Å². The van der Waals surface area contributed by atoms with Crippen molar-refractivity contribution in [2.75, 3.05) is 9.80 Å². The minimum absolute atomic E-state index is 0.0621. The second-order valence-corrected chi connectivity index (χ2v) is 25.9. The SMILES string of the molecule is CC(C)(C)c1cc(N2c3cc(-c4ccc5c(c4)C(C)(C)c4ccccc4-5)cc4c3B(c3c2ccc2ccccc32)c2c(ccc3ccccc23)N4c2cc(C(C)(C)C)cc(C(C)(C)C)c2)cc(C(C)(C)C)c1. The molecule has 1 aliphatic carbocycles. The molecule has 9 aromatic rings. The lowest BCUT2D eigenvalue weighted by Crippen LogP contribution is -2.61. The van der Waals surface area contributed by atoms with Crippen molar-refractivity contribution in [3.63, 3.8) is 0 Å². The second-order valence-electron chi connectivity index (χ2n) is 25.9. The molecule has 0 N–H and O–H groups in total. The fraction of sp³-hybridized carbons (Fsp3) is 0.275. The molecule has 0 saturated carbocycles. The molecule has 3 heteroatoms. The molecular weight excluding hydrogens is 868 g/mol. The molecule has 0 saturated heterocycles. The molecule has 3 aliphatic rings. The molecule has 0 atom stereocenters. The fourth-order valence-electron chi connectivity index (χ4n) is 12.4. The lowest BCUT2D eigenvalue weighted by atomic mass is 9.32. The molecule has 2 nitrogen and oxygen atoms in total. The van der Waals surface area contributed by atoms with E-state index in [4.69, 9.17) is 0 Å². The van der Waals surface area contributed by atoms with E-state index in [-0.39, 0.29) is 33.8 Å². The van der Waals surface area contributed by atoms with Gasteiger partial charge in [-0.1, -0.05) is 206 Å². The molecule has 0 unspecified atom stereocenters. The molecule has 9 aromatic carbocycles. The van der Waals surface area contributed by atoms with Crippen LogP contribution in [0, 0.1) is 0 Å². The first-order valence-corrected chi connectivity index (χ1v) is 26.4. The summed E-state index contributed by atoms with van der Waals surface area (Å²) in [6, 6.07) is 64.2. The van der Waals surface area contributed by atoms with Crippen LogP contribution in [0.4, 0.5) is 34.1 Å². The summed E-state index contributed by atoms with van der Waals surface area (Å²) < 4.78 is 0. The molecule has 0 amide bonds. The lowest BCUT2D eigenvalue weighted by molar-refractivity contribution is 0.568. The Morgan fingerprint density at radius 2 is 0.764 bits per heavy atom. The third-order valence-electron chi connectivity index (χ3n) is 16.6. The molecule has 0 radical (unpaired) electrons. The van der Waals surface area contributed by atoms with Crippen LogP contribution in [0.5, 0.6) is 0 Å². The number of nitrogens with zero attached hydrogens (tertiary/aromatic N) is 2. The molecule has 0 spiro atoms. The van der Waals surface area contributed by atoms with Gasteiger partial charge in [-0.25, -0.2) is 0 Å². The highest BCUT2D eigenvalue weighted by molar-refractivity contribution is 7.03. The maximum absolute atomic E-state index is 2.67. The van der Waals surface area contributed by atoms with Gasteiger partial charge in [0.1, 0.15) is 0 Å². The molecule has 2 heterocycles. The van der Waals surface area contributed by atoms with E-state index in [1.807, 2.05) is 0 Å². The average molecular weight is 937 g/mol. The summed E-state index contributed by atoms with van der Waals surface area (Å²) in [6.07, 6.45) is 0. The van der Waals surface area contributed by atoms with Gasteiger partial charge in [0.05, 0.1) is 0 Å². The Bertz CT molecular complexity index is 3480. The second kappa shape index (κ2) is 15.6. The van der Waals surface area contributed by atoms with Crippen LogP contribution in [0.25, 0.3) is 43.8 Å². The number of rotatable bonds is 3. The van der Waals surface area contributed by atoms with Crippen molar-refractivity contribution in [3.05, 3.63) is 197 Å². The zero-order valence-electron chi connectivity index (χ0n) is 45.1. The van der Waals surface area contributed by atoms with E-state index in [9.17, 15) is 0 Å². The van der Waals surface area contributed by atoms with E-state index in [0.717, 1.165) is 0 Å². The molecule has 72 heavy (non-hydrogen) atoms. The molecule has 0 aromatic heterocycles. The number of fused-ring (bicyclic) bond motifs is 11. The number of anilines is 6. The van der Waals surface area contributed by atoms with Crippen LogP contribution in [0.3, 0.4) is 0 Å². The first kappa shape index (κ1) is 46.2. The summed E-state index contributed by atoms with van der Waals surface area (Å²) in [5, 5.41) is 5.11. The van der Waals surface area contributed by atoms with Crippen molar-refractivity contribution in [2.45, 2.75) is 124 Å². The third kappa shape index (κ3) is 7.12. The molecule has 12 rings (SSSR count). The normalized spacial score (nSPS) is 14.8. The number of benzene rings is 9. The standard InChI is InChI=1S/C69H69BN2/c1-65(2,3)46-36-47(66(4,5)6)39-50(38-46)71-58-31-28-42-21-15-17-23-52(42)62(58)70-63-53-24-18-16-22-43(53)29-32-59(63)72(51-40-48(67(7,8)9)37-49(41-51)68(10,11)12)61-35-45(34-60(71)64(61)70)44-27-30-55-54-25-19-20-26-56(54)69(13,14)57(55)33-44/h15-41H,1-14H3. The van der Waals surface area contributed by atoms with Crippen molar-refractivity contribution in [1.82, 2.24) is 0 Å². The minimum atomic E-state index is -0.138. The van der Waals surface area contributed by atoms with Crippen LogP contribution in [0.2, 0.25) is 0 Å². The quantitative estimate of drug-likeness (QED) is 0.163. The number of hydrogen-bond acceptors (Lipinski definition) is 2. The Morgan fingerprint density at radius 3 is 1.22 bits per heavy atom. The van der Waals surface area contributed by atoms with E-state index < -0.39 is 0 Å². The average Bonchev–Trinajstić information content (AvgIpc) is 3.57. The van der Waals surface area contributed by atoms with E-state index >= 15 is 0 Å². The van der Waals surface area contributed by atoms with E-state index in [1.54, 1.807) is 0 Å². The predicted octanol–water partition coefficient (Wildman–Crippen LogP) is 17.2. The van der Waals surface area contributed by atoms with Crippen molar-refractivity contribution in [1.29, 1.82) is 0 Å². The highest BCUT2D eigenvalue weighted by Gasteiger charge is 2.46. The van der Waals surface area contributed by atoms with Gasteiger partial charge in [-0.2, -0.15) is 0 Å². The van der Waals surface area contributed by atoms with Crippen LogP contribution < -0.4 is 26.2 Å². The Kier molecular flexibility index (Phi) is 10.0. The smallest absolute Gasteiger partial charge is 0.253 e. The summed E-state index contributed by atoms with van der Waals surface area (Å²) >= 11 is 0. The highest BCUT2D eigenvalue weighted by Crippen LogP contribution is 2.53. The first-order valence-electron chi connectivity index (χ1n) is 26.4. The van der Waals surface area contributed by atoms with Gasteiger partial charge >= 0.3 is 0 Å². The predicted molar refractivity (Wildman–Crippen MR) is 313 cm³/mol. The summed E-state index contributed by atoms with van der Waals surface area (Å²) in [4.78, 5) is 5.33.